The summed E-state index contributed by atoms with van der Waals surface area (Å²) in [6.07, 6.45) is 1.65. The third-order valence-electron chi connectivity index (χ3n) is 4.94. The summed E-state index contributed by atoms with van der Waals surface area (Å²) in [7, 11) is 3.14. The van der Waals surface area contributed by atoms with Crippen LogP contribution < -0.4 is 24.8 Å². The fourth-order valence-corrected chi connectivity index (χ4v) is 4.10. The predicted molar refractivity (Wildman–Crippen MR) is 144 cm³/mol. The Balaban J connectivity index is 1.49. The van der Waals surface area contributed by atoms with Gasteiger partial charge in [-0.2, -0.15) is 0 Å². The number of nitrogens with one attached hydrogen (secondary N) is 2. The highest BCUT2D eigenvalue weighted by Gasteiger charge is 2.13. The lowest BCUT2D eigenvalue weighted by atomic mass is 10.2. The van der Waals surface area contributed by atoms with Gasteiger partial charge in [-0.05, 0) is 54.7 Å². The normalized spacial score (nSPS) is 10.5. The van der Waals surface area contributed by atoms with Crippen molar-refractivity contribution in [2.45, 2.75) is 0 Å². The van der Waals surface area contributed by atoms with Crippen LogP contribution in [0.5, 0.6) is 23.0 Å². The molecule has 35 heavy (non-hydrogen) atoms. The van der Waals surface area contributed by atoms with Crippen LogP contribution in [0.3, 0.4) is 0 Å². The van der Waals surface area contributed by atoms with Gasteiger partial charge in [0.25, 0.3) is 5.91 Å². The Kier molecular flexibility index (Phi) is 7.70. The summed E-state index contributed by atoms with van der Waals surface area (Å²) in [5.74, 6) is 1.88. The third kappa shape index (κ3) is 5.82. The molecular weight excluding hydrogens is 554 g/mol. The topological polar surface area (TPSA) is 81.7 Å². The van der Waals surface area contributed by atoms with E-state index in [1.54, 1.807) is 75.0 Å². The smallest absolute Gasteiger partial charge is 0.257 e. The highest BCUT2D eigenvalue weighted by atomic mass is 79.9. The van der Waals surface area contributed by atoms with Gasteiger partial charge < -0.3 is 19.5 Å². The van der Waals surface area contributed by atoms with Crippen molar-refractivity contribution in [2.75, 3.05) is 19.5 Å². The van der Waals surface area contributed by atoms with Crippen LogP contribution in [0, 0.1) is 0 Å². The molecule has 0 aliphatic carbocycles. The summed E-state index contributed by atoms with van der Waals surface area (Å²) in [4.78, 5) is 16.8. The van der Waals surface area contributed by atoms with Crippen molar-refractivity contribution in [1.29, 1.82) is 0 Å². The lowest BCUT2D eigenvalue weighted by Crippen LogP contribution is -2.34. The van der Waals surface area contributed by atoms with Crippen LogP contribution >= 0.6 is 39.7 Å². The zero-order valence-corrected chi connectivity index (χ0v) is 21.8. The first kappa shape index (κ1) is 24.7. The minimum absolute atomic E-state index is 0.117. The molecule has 2 N–H and O–H groups in total. The Morgan fingerprint density at radius 3 is 2.49 bits per heavy atom. The molecule has 0 fully saturated rings. The molecule has 4 aromatic rings. The number of benzene rings is 3. The van der Waals surface area contributed by atoms with E-state index in [2.05, 4.69) is 31.5 Å². The van der Waals surface area contributed by atoms with Crippen LogP contribution in [0.25, 0.3) is 10.9 Å². The number of fused-ring (bicyclic) bond motifs is 1. The molecule has 7 nitrogen and oxygen atoms in total. The first-order chi connectivity index (χ1) is 16.9. The minimum atomic E-state index is -0.337. The fraction of sp³-hybridized carbons (Fsp3) is 0.0800. The molecule has 4 rings (SSSR count). The lowest BCUT2D eigenvalue weighted by Gasteiger charge is -2.14. The molecule has 0 unspecified atom stereocenters. The standard InChI is InChI=1S/C25H19BrClN3O4S/c1-32-22-12-17-20(13-23(22)33-2)28-9-8-21(17)34-16-6-7-19(18(27)11-16)29-25(35)30-24(31)14-4-3-5-15(26)10-14/h3-13H,1-2H3,(H2,29,30,31,35). The Morgan fingerprint density at radius 1 is 1.00 bits per heavy atom. The highest BCUT2D eigenvalue weighted by Crippen LogP contribution is 2.37. The van der Waals surface area contributed by atoms with Gasteiger partial charge in [0.15, 0.2) is 16.6 Å². The third-order valence-corrected chi connectivity index (χ3v) is 5.95. The molecule has 1 heterocycles. The van der Waals surface area contributed by atoms with E-state index >= 15 is 0 Å². The molecule has 0 aliphatic heterocycles. The van der Waals surface area contributed by atoms with Gasteiger partial charge in [0.2, 0.25) is 0 Å². The van der Waals surface area contributed by atoms with Gasteiger partial charge in [-0.1, -0.05) is 33.6 Å². The van der Waals surface area contributed by atoms with E-state index < -0.39 is 0 Å². The van der Waals surface area contributed by atoms with Crippen LogP contribution in [-0.2, 0) is 0 Å². The molecule has 0 saturated heterocycles. The van der Waals surface area contributed by atoms with E-state index in [4.69, 9.17) is 38.0 Å². The minimum Gasteiger partial charge on any atom is -0.493 e. The number of methoxy groups -OCH3 is 2. The van der Waals surface area contributed by atoms with E-state index in [0.717, 1.165) is 9.86 Å². The van der Waals surface area contributed by atoms with Crippen molar-refractivity contribution < 1.29 is 19.0 Å². The molecule has 0 radical (unpaired) electrons. The van der Waals surface area contributed by atoms with Gasteiger partial charge in [0.1, 0.15) is 11.5 Å². The van der Waals surface area contributed by atoms with Crippen molar-refractivity contribution in [3.05, 3.63) is 81.9 Å². The molecule has 0 bridgehead atoms. The average molecular weight is 573 g/mol. The van der Waals surface area contributed by atoms with Crippen LogP contribution in [0.4, 0.5) is 5.69 Å². The summed E-state index contributed by atoms with van der Waals surface area (Å²) in [6.45, 7) is 0. The number of hydrogen-bond acceptors (Lipinski definition) is 6. The number of carbonyl (C=O) groups is 1. The van der Waals surface area contributed by atoms with Crippen LogP contribution in [0.1, 0.15) is 10.4 Å². The highest BCUT2D eigenvalue weighted by molar-refractivity contribution is 9.10. The Morgan fingerprint density at radius 2 is 1.77 bits per heavy atom. The molecule has 0 saturated carbocycles. The quantitative estimate of drug-likeness (QED) is 0.252. The monoisotopic (exact) mass is 571 g/mol. The van der Waals surface area contributed by atoms with E-state index in [1.807, 2.05) is 6.07 Å². The van der Waals surface area contributed by atoms with Gasteiger partial charge in [-0.15, -0.1) is 0 Å². The average Bonchev–Trinajstić information content (AvgIpc) is 2.85. The molecule has 0 atom stereocenters. The predicted octanol–water partition coefficient (Wildman–Crippen LogP) is 6.59. The maximum atomic E-state index is 12.4. The lowest BCUT2D eigenvalue weighted by molar-refractivity contribution is 0.0977. The number of hydrogen-bond donors (Lipinski definition) is 2. The van der Waals surface area contributed by atoms with Crippen molar-refractivity contribution in [3.8, 4) is 23.0 Å². The molecule has 178 valence electrons. The second kappa shape index (κ2) is 10.9. The Hall–Kier alpha value is -3.40. The maximum absolute atomic E-state index is 12.4. The van der Waals surface area contributed by atoms with Crippen molar-refractivity contribution >= 4 is 67.4 Å². The van der Waals surface area contributed by atoms with Crippen molar-refractivity contribution in [1.82, 2.24) is 10.3 Å². The first-order valence-corrected chi connectivity index (χ1v) is 11.8. The Bertz CT molecular complexity index is 1430. The van der Waals surface area contributed by atoms with E-state index in [1.165, 1.54) is 0 Å². The van der Waals surface area contributed by atoms with Gasteiger partial charge in [0.05, 0.1) is 30.4 Å². The first-order valence-electron chi connectivity index (χ1n) is 10.2. The Labute approximate surface area is 220 Å². The molecular formula is C25H19BrClN3O4S. The van der Waals surface area contributed by atoms with Crippen LogP contribution in [-0.4, -0.2) is 30.2 Å². The largest absolute Gasteiger partial charge is 0.493 e. The van der Waals surface area contributed by atoms with Gasteiger partial charge in [0, 0.05) is 33.8 Å². The van der Waals surface area contributed by atoms with E-state index in [-0.39, 0.29) is 11.0 Å². The molecule has 3 aromatic carbocycles. The molecule has 1 amide bonds. The van der Waals surface area contributed by atoms with Gasteiger partial charge in [-0.25, -0.2) is 0 Å². The number of halogens is 2. The van der Waals surface area contributed by atoms with Crippen LogP contribution in [0.2, 0.25) is 5.02 Å². The number of rotatable bonds is 6. The SMILES string of the molecule is COc1cc2nccc(Oc3ccc(NC(=S)NC(=O)c4cccc(Br)c4)c(Cl)c3)c2cc1OC. The summed E-state index contributed by atoms with van der Waals surface area (Å²) in [6, 6.07) is 17.4. The number of nitrogens with zero attached hydrogens (tertiary/aromatic N) is 1. The number of amides is 1. The number of thiocarbonyl (C=S) groups is 1. The second-order valence-corrected chi connectivity index (χ2v) is 8.93. The molecule has 1 aromatic heterocycles. The zero-order chi connectivity index (χ0) is 24.9. The number of carbonyl (C=O) groups excluding carboxylic acids is 1. The molecule has 0 aliphatic rings. The van der Waals surface area contributed by atoms with E-state index in [9.17, 15) is 4.79 Å². The summed E-state index contributed by atoms with van der Waals surface area (Å²) < 4.78 is 17.6. The zero-order valence-electron chi connectivity index (χ0n) is 18.6. The number of aromatic nitrogens is 1. The van der Waals surface area contributed by atoms with Gasteiger partial charge >= 0.3 is 0 Å². The van der Waals surface area contributed by atoms with Gasteiger partial charge in [-0.3, -0.25) is 15.1 Å². The summed E-state index contributed by atoms with van der Waals surface area (Å²) >= 11 is 15.1. The van der Waals surface area contributed by atoms with Crippen molar-refractivity contribution in [2.24, 2.45) is 0 Å². The molecule has 0 spiro atoms. The maximum Gasteiger partial charge on any atom is 0.257 e. The van der Waals surface area contributed by atoms with Crippen LogP contribution in [0.15, 0.2) is 71.3 Å². The second-order valence-electron chi connectivity index (χ2n) is 7.20. The number of pyridine rings is 1. The fourth-order valence-electron chi connectivity index (χ4n) is 3.28. The number of ether oxygens (including phenoxy) is 3. The molecule has 10 heteroatoms. The summed E-state index contributed by atoms with van der Waals surface area (Å²) in [5.41, 5.74) is 1.68. The van der Waals surface area contributed by atoms with Crippen molar-refractivity contribution in [3.63, 3.8) is 0 Å². The number of anilines is 1. The summed E-state index contributed by atoms with van der Waals surface area (Å²) in [5, 5.41) is 6.80. The van der Waals surface area contributed by atoms with E-state index in [0.29, 0.717) is 44.8 Å².